The van der Waals surface area contributed by atoms with Gasteiger partial charge in [0.2, 0.25) is 6.08 Å². The van der Waals surface area contributed by atoms with Crippen molar-refractivity contribution >= 4 is 23.4 Å². The predicted octanol–water partition coefficient (Wildman–Crippen LogP) is 2.82. The van der Waals surface area contributed by atoms with Crippen LogP contribution in [0.4, 0.5) is 14.5 Å². The van der Waals surface area contributed by atoms with Crippen LogP contribution in [0, 0.1) is 0 Å². The number of rotatable bonds is 3. The average molecular weight is 220 g/mol. The summed E-state index contributed by atoms with van der Waals surface area (Å²) in [4.78, 5) is 13.1. The van der Waals surface area contributed by atoms with Crippen molar-refractivity contribution in [3.8, 4) is 5.75 Å². The lowest BCUT2D eigenvalue weighted by molar-refractivity contribution is -0.0964. The number of benzene rings is 1. The number of hydrogen-bond donors (Lipinski definition) is 0. The highest BCUT2D eigenvalue weighted by atomic mass is 35.5. The van der Waals surface area contributed by atoms with E-state index in [0.717, 1.165) is 6.07 Å². The molecule has 1 aromatic carbocycles. The molecule has 0 heterocycles. The average Bonchev–Trinajstić information content (AvgIpc) is 2.02. The minimum atomic E-state index is -3.77. The van der Waals surface area contributed by atoms with Crippen LogP contribution in [0.15, 0.2) is 29.3 Å². The van der Waals surface area contributed by atoms with E-state index in [1.165, 1.54) is 24.3 Å². The minimum absolute atomic E-state index is 0.165. The van der Waals surface area contributed by atoms with Gasteiger partial charge >= 0.3 is 5.57 Å². The van der Waals surface area contributed by atoms with Crippen LogP contribution in [-0.2, 0) is 4.79 Å². The van der Waals surface area contributed by atoms with E-state index >= 15 is 0 Å². The third-order valence-corrected chi connectivity index (χ3v) is 1.30. The molecule has 74 valence electrons. The molecule has 0 spiro atoms. The molecule has 0 radical (unpaired) electrons. The summed E-state index contributed by atoms with van der Waals surface area (Å²) in [5, 5.41) is 0. The lowest BCUT2D eigenvalue weighted by atomic mass is 10.3. The Bertz CT molecular complexity index is 372. The molecule has 0 N–H and O–H groups in total. The van der Waals surface area contributed by atoms with E-state index < -0.39 is 5.57 Å². The van der Waals surface area contributed by atoms with Crippen LogP contribution in [0.5, 0.6) is 5.75 Å². The third kappa shape index (κ3) is 3.51. The molecular weight excluding hydrogens is 216 g/mol. The molecule has 6 heteroatoms. The van der Waals surface area contributed by atoms with Crippen molar-refractivity contribution in [3.63, 3.8) is 0 Å². The highest BCUT2D eigenvalue weighted by molar-refractivity contribution is 6.20. The van der Waals surface area contributed by atoms with E-state index in [4.69, 9.17) is 0 Å². The summed E-state index contributed by atoms with van der Waals surface area (Å²) in [6, 6.07) is 5.24. The Balaban J connectivity index is 2.89. The predicted molar refractivity (Wildman–Crippen MR) is 45.7 cm³/mol. The molecule has 1 aromatic rings. The van der Waals surface area contributed by atoms with Crippen molar-refractivity contribution < 1.29 is 18.3 Å². The third-order valence-electron chi connectivity index (χ3n) is 1.23. The molecule has 0 amide bonds. The van der Waals surface area contributed by atoms with Crippen molar-refractivity contribution in [2.75, 3.05) is 0 Å². The van der Waals surface area contributed by atoms with E-state index in [0.29, 0.717) is 0 Å². The molecule has 0 aliphatic carbocycles. The Morgan fingerprint density at radius 1 is 1.50 bits per heavy atom. The summed E-state index contributed by atoms with van der Waals surface area (Å²) in [5.41, 5.74) is -3.61. The number of carbonyl (C=O) groups excluding carboxylic acids is 1. The second kappa shape index (κ2) is 4.17. The monoisotopic (exact) mass is 219 g/mol. The van der Waals surface area contributed by atoms with Crippen LogP contribution in [0.2, 0.25) is 0 Å². The molecular formula is C8H4ClF2NO2. The number of aliphatic imine (C=N–C) groups is 1. The number of isocyanates is 1. The number of hydrogen-bond acceptors (Lipinski definition) is 3. The van der Waals surface area contributed by atoms with Gasteiger partial charge in [-0.15, -0.1) is 8.78 Å². The maximum absolute atomic E-state index is 12.2. The van der Waals surface area contributed by atoms with Crippen LogP contribution in [0.3, 0.4) is 0 Å². The van der Waals surface area contributed by atoms with Gasteiger partial charge in [-0.25, -0.2) is 4.79 Å². The van der Waals surface area contributed by atoms with Crippen molar-refractivity contribution in [2.24, 2.45) is 4.99 Å². The zero-order valence-corrected chi connectivity index (χ0v) is 7.46. The van der Waals surface area contributed by atoms with Gasteiger partial charge in [-0.1, -0.05) is 6.07 Å². The van der Waals surface area contributed by atoms with E-state index in [2.05, 4.69) is 21.3 Å². The lowest BCUT2D eigenvalue weighted by Gasteiger charge is -2.09. The molecule has 0 fully saturated rings. The minimum Gasteiger partial charge on any atom is -0.420 e. The number of nitrogens with zero attached hydrogens (tertiary/aromatic N) is 1. The number of alkyl halides is 3. The highest BCUT2D eigenvalue weighted by Crippen LogP contribution is 2.27. The van der Waals surface area contributed by atoms with Crippen molar-refractivity contribution in [1.29, 1.82) is 0 Å². The summed E-state index contributed by atoms with van der Waals surface area (Å²) in [6.45, 7) is 0. The second-order valence-corrected chi connectivity index (χ2v) is 2.69. The number of ether oxygens (including phenoxy) is 1. The molecule has 0 aromatic heterocycles. The highest BCUT2D eigenvalue weighted by Gasteiger charge is 2.27. The van der Waals surface area contributed by atoms with Crippen LogP contribution >= 0.6 is 11.6 Å². The molecule has 0 aliphatic heterocycles. The quantitative estimate of drug-likeness (QED) is 0.445. The first-order valence-corrected chi connectivity index (χ1v) is 3.83. The fourth-order valence-corrected chi connectivity index (χ4v) is 0.892. The summed E-state index contributed by atoms with van der Waals surface area (Å²) >= 11 is 4.53. The zero-order valence-electron chi connectivity index (χ0n) is 6.71. The standard InChI is InChI=1S/C8H4ClF2NO2/c9-8(10,11)14-7-3-1-2-6(4-7)12-5-13/h1-4H. The van der Waals surface area contributed by atoms with Gasteiger partial charge in [-0.2, -0.15) is 4.99 Å². The van der Waals surface area contributed by atoms with Crippen molar-refractivity contribution in [2.45, 2.75) is 5.57 Å². The van der Waals surface area contributed by atoms with Gasteiger partial charge in [0.25, 0.3) is 0 Å². The van der Waals surface area contributed by atoms with E-state index in [-0.39, 0.29) is 11.4 Å². The van der Waals surface area contributed by atoms with E-state index in [9.17, 15) is 13.6 Å². The molecule has 0 saturated heterocycles. The second-order valence-electron chi connectivity index (χ2n) is 2.25. The normalized spacial score (nSPS) is 10.5. The summed E-state index contributed by atoms with van der Waals surface area (Å²) in [6.07, 6.45) is 1.27. The first-order chi connectivity index (χ1) is 6.51. The van der Waals surface area contributed by atoms with E-state index in [1.807, 2.05) is 0 Å². The van der Waals surface area contributed by atoms with Crippen LogP contribution < -0.4 is 4.74 Å². The maximum Gasteiger partial charge on any atom is 0.487 e. The summed E-state index contributed by atoms with van der Waals surface area (Å²) in [5.74, 6) is -0.179. The van der Waals surface area contributed by atoms with Crippen molar-refractivity contribution in [3.05, 3.63) is 24.3 Å². The Morgan fingerprint density at radius 2 is 2.21 bits per heavy atom. The van der Waals surface area contributed by atoms with Gasteiger partial charge < -0.3 is 4.74 Å². The van der Waals surface area contributed by atoms with Crippen LogP contribution in [-0.4, -0.2) is 11.6 Å². The van der Waals surface area contributed by atoms with Gasteiger partial charge in [0.1, 0.15) is 5.75 Å². The molecule has 3 nitrogen and oxygen atoms in total. The largest absolute Gasteiger partial charge is 0.487 e. The topological polar surface area (TPSA) is 38.7 Å². The lowest BCUT2D eigenvalue weighted by Crippen LogP contribution is -2.15. The fraction of sp³-hybridized carbons (Fsp3) is 0.125. The summed E-state index contributed by atoms with van der Waals surface area (Å²) in [7, 11) is 0. The molecule has 0 unspecified atom stereocenters. The van der Waals surface area contributed by atoms with Gasteiger partial charge in [0.05, 0.1) is 5.69 Å². The Morgan fingerprint density at radius 3 is 2.79 bits per heavy atom. The molecule has 0 bridgehead atoms. The van der Waals surface area contributed by atoms with E-state index in [1.54, 1.807) is 0 Å². The Labute approximate surface area is 83.0 Å². The number of halogens is 3. The van der Waals surface area contributed by atoms with Gasteiger partial charge in [0.15, 0.2) is 0 Å². The zero-order chi connectivity index (χ0) is 10.6. The fourth-order valence-electron chi connectivity index (χ4n) is 0.803. The maximum atomic E-state index is 12.2. The van der Waals surface area contributed by atoms with Crippen LogP contribution in [0.25, 0.3) is 0 Å². The first-order valence-electron chi connectivity index (χ1n) is 3.45. The van der Waals surface area contributed by atoms with Gasteiger partial charge in [0, 0.05) is 17.7 Å². The Kier molecular flexibility index (Phi) is 3.17. The van der Waals surface area contributed by atoms with Crippen LogP contribution in [0.1, 0.15) is 0 Å². The molecule has 0 atom stereocenters. The summed E-state index contributed by atoms with van der Waals surface area (Å²) < 4.78 is 28.4. The smallest absolute Gasteiger partial charge is 0.420 e. The molecule has 14 heavy (non-hydrogen) atoms. The SMILES string of the molecule is O=C=Nc1cccc(OC(F)(F)Cl)c1. The van der Waals surface area contributed by atoms with Gasteiger partial charge in [-0.05, 0) is 12.1 Å². The molecule has 0 saturated carbocycles. The molecule has 1 rings (SSSR count). The molecule has 0 aliphatic rings. The first kappa shape index (κ1) is 10.6. The van der Waals surface area contributed by atoms with Gasteiger partial charge in [-0.3, -0.25) is 0 Å². The van der Waals surface area contributed by atoms with Crippen molar-refractivity contribution in [1.82, 2.24) is 0 Å². The Hall–Kier alpha value is -1.45.